The summed E-state index contributed by atoms with van der Waals surface area (Å²) in [4.78, 5) is 21.7. The van der Waals surface area contributed by atoms with Gasteiger partial charge < -0.3 is 9.88 Å². The number of nitrogens with zero attached hydrogens (tertiary/aromatic N) is 3. The van der Waals surface area contributed by atoms with Crippen LogP contribution in [0.2, 0.25) is 0 Å². The second-order valence-corrected chi connectivity index (χ2v) is 7.82. The summed E-state index contributed by atoms with van der Waals surface area (Å²) in [7, 11) is 0.598. The Balaban J connectivity index is 1.78. The number of sulfonamides is 1. The summed E-state index contributed by atoms with van der Waals surface area (Å²) in [5.41, 5.74) is 2.05. The lowest BCUT2D eigenvalue weighted by Gasteiger charge is -2.14. The van der Waals surface area contributed by atoms with Gasteiger partial charge in [-0.15, -0.1) is 0 Å². The molecule has 0 aliphatic rings. The van der Waals surface area contributed by atoms with E-state index in [9.17, 15) is 13.2 Å². The zero-order valence-corrected chi connectivity index (χ0v) is 16.0. The van der Waals surface area contributed by atoms with Gasteiger partial charge in [0.05, 0.1) is 29.6 Å². The van der Waals surface area contributed by atoms with Gasteiger partial charge in [-0.25, -0.2) is 13.4 Å². The van der Waals surface area contributed by atoms with Crippen molar-refractivity contribution >= 4 is 27.0 Å². The smallest absolute Gasteiger partial charge is 0.264 e. The van der Waals surface area contributed by atoms with E-state index in [1.807, 2.05) is 35.9 Å². The Labute approximate surface area is 157 Å². The number of hydrogen-bond donors (Lipinski definition) is 1. The molecule has 1 N–H and O–H groups in total. The summed E-state index contributed by atoms with van der Waals surface area (Å²) < 4.78 is 27.3. The molecular weight excluding hydrogens is 368 g/mol. The third-order valence-corrected chi connectivity index (χ3v) is 5.95. The van der Waals surface area contributed by atoms with E-state index < -0.39 is 10.0 Å². The topological polar surface area (TPSA) is 93.5 Å². The largest absolute Gasteiger partial charge is 0.345 e. The molecule has 3 aromatic rings. The molecule has 0 radical (unpaired) electrons. The Bertz CT molecular complexity index is 1090. The number of imidazole rings is 1. The quantitative estimate of drug-likeness (QED) is 0.649. The number of para-hydroxylation sites is 2. The first-order valence-electron chi connectivity index (χ1n) is 8.16. The Morgan fingerprint density at radius 1 is 1.22 bits per heavy atom. The van der Waals surface area contributed by atoms with Crippen LogP contribution >= 0.6 is 0 Å². The number of aromatic nitrogens is 2. The molecule has 1 amide bonds. The van der Waals surface area contributed by atoms with E-state index in [0.29, 0.717) is 5.82 Å². The monoisotopic (exact) mass is 388 g/mol. The van der Waals surface area contributed by atoms with E-state index in [4.69, 9.17) is 4.84 Å². The van der Waals surface area contributed by atoms with Crippen molar-refractivity contribution in [1.29, 1.82) is 0 Å². The maximum Gasteiger partial charge on any atom is 0.264 e. The third kappa shape index (κ3) is 3.70. The highest BCUT2D eigenvalue weighted by atomic mass is 32.2. The number of carbonyl (C=O) groups is 1. The summed E-state index contributed by atoms with van der Waals surface area (Å²) in [6.07, 6.45) is 0. The number of hydroxylamine groups is 1. The van der Waals surface area contributed by atoms with Gasteiger partial charge in [-0.3, -0.25) is 9.63 Å². The molecule has 9 heteroatoms. The highest BCUT2D eigenvalue weighted by Crippen LogP contribution is 2.17. The predicted octanol–water partition coefficient (Wildman–Crippen LogP) is 1.69. The standard InChI is InChI=1S/C18H20N4O4S/c1-21-16-10-5-4-9-15(16)20-17(21)12-19-18(23)13-7-6-8-14(11-13)27(24,25)22(2)26-3/h4-11H,12H2,1-3H3,(H,19,23). The van der Waals surface area contributed by atoms with Crippen molar-refractivity contribution in [2.45, 2.75) is 11.4 Å². The van der Waals surface area contributed by atoms with Crippen molar-refractivity contribution in [2.24, 2.45) is 7.05 Å². The van der Waals surface area contributed by atoms with Crippen molar-refractivity contribution in [3.63, 3.8) is 0 Å². The molecule has 0 fully saturated rings. The molecule has 1 heterocycles. The first kappa shape index (κ1) is 19.0. The Kier molecular flexibility index (Phi) is 5.26. The predicted molar refractivity (Wildman–Crippen MR) is 100 cm³/mol. The van der Waals surface area contributed by atoms with Gasteiger partial charge in [-0.05, 0) is 30.3 Å². The van der Waals surface area contributed by atoms with Crippen LogP contribution in [0.25, 0.3) is 11.0 Å². The summed E-state index contributed by atoms with van der Waals surface area (Å²) in [5, 5.41) is 2.78. The van der Waals surface area contributed by atoms with Crippen LogP contribution in [0.1, 0.15) is 16.2 Å². The maximum absolute atomic E-state index is 12.5. The SMILES string of the molecule is CON(C)S(=O)(=O)c1cccc(C(=O)NCc2nc3ccccc3n2C)c1. The average Bonchev–Trinajstić information content (AvgIpc) is 3.01. The van der Waals surface area contributed by atoms with Gasteiger partial charge in [0.25, 0.3) is 15.9 Å². The molecule has 0 saturated heterocycles. The lowest BCUT2D eigenvalue weighted by atomic mass is 10.2. The molecule has 0 spiro atoms. The van der Waals surface area contributed by atoms with Crippen LogP contribution in [0.3, 0.4) is 0 Å². The van der Waals surface area contributed by atoms with Crippen LogP contribution in [0.5, 0.6) is 0 Å². The normalized spacial score (nSPS) is 11.9. The first-order chi connectivity index (χ1) is 12.8. The Morgan fingerprint density at radius 3 is 2.67 bits per heavy atom. The molecule has 1 aromatic heterocycles. The van der Waals surface area contributed by atoms with Crippen LogP contribution in [-0.2, 0) is 28.5 Å². The molecule has 3 rings (SSSR count). The zero-order chi connectivity index (χ0) is 19.6. The molecule has 27 heavy (non-hydrogen) atoms. The first-order valence-corrected chi connectivity index (χ1v) is 9.60. The van der Waals surface area contributed by atoms with Gasteiger partial charge >= 0.3 is 0 Å². The lowest BCUT2D eigenvalue weighted by molar-refractivity contribution is -0.0258. The number of benzene rings is 2. The second kappa shape index (κ2) is 7.47. The molecule has 0 saturated carbocycles. The van der Waals surface area contributed by atoms with Gasteiger partial charge in [0, 0.05) is 19.7 Å². The number of fused-ring (bicyclic) bond motifs is 1. The van der Waals surface area contributed by atoms with Gasteiger partial charge in [0.1, 0.15) is 5.82 Å². The molecule has 0 atom stereocenters. The molecule has 0 bridgehead atoms. The number of hydrogen-bond acceptors (Lipinski definition) is 5. The highest BCUT2D eigenvalue weighted by Gasteiger charge is 2.22. The van der Waals surface area contributed by atoms with Crippen molar-refractivity contribution in [1.82, 2.24) is 19.3 Å². The minimum Gasteiger partial charge on any atom is -0.345 e. The molecular formula is C18H20N4O4S. The average molecular weight is 388 g/mol. The number of carbonyl (C=O) groups excluding carboxylic acids is 1. The molecule has 0 aliphatic carbocycles. The van der Waals surface area contributed by atoms with E-state index in [2.05, 4.69) is 10.3 Å². The van der Waals surface area contributed by atoms with Crippen LogP contribution in [0.4, 0.5) is 0 Å². The van der Waals surface area contributed by atoms with E-state index in [-0.39, 0.29) is 22.9 Å². The number of aryl methyl sites for hydroxylation is 1. The van der Waals surface area contributed by atoms with Crippen LogP contribution in [0.15, 0.2) is 53.4 Å². The maximum atomic E-state index is 12.5. The molecule has 0 unspecified atom stereocenters. The van der Waals surface area contributed by atoms with Crippen molar-refractivity contribution in [2.75, 3.05) is 14.2 Å². The number of nitrogens with one attached hydrogen (secondary N) is 1. The van der Waals surface area contributed by atoms with Gasteiger partial charge in [0.2, 0.25) is 0 Å². The minimum absolute atomic E-state index is 0.0257. The van der Waals surface area contributed by atoms with Crippen molar-refractivity contribution < 1.29 is 18.0 Å². The van der Waals surface area contributed by atoms with Crippen molar-refractivity contribution in [3.05, 3.63) is 59.9 Å². The van der Waals surface area contributed by atoms with E-state index in [0.717, 1.165) is 15.5 Å². The third-order valence-electron chi connectivity index (χ3n) is 4.28. The molecule has 0 aliphatic heterocycles. The van der Waals surface area contributed by atoms with Gasteiger partial charge in [-0.2, -0.15) is 0 Å². The summed E-state index contributed by atoms with van der Waals surface area (Å²) in [5.74, 6) is 0.312. The molecule has 8 nitrogen and oxygen atoms in total. The van der Waals surface area contributed by atoms with Gasteiger partial charge in [-0.1, -0.05) is 22.7 Å². The van der Waals surface area contributed by atoms with Crippen LogP contribution in [0, 0.1) is 0 Å². The lowest BCUT2D eigenvalue weighted by Crippen LogP contribution is -2.27. The number of rotatable bonds is 6. The van der Waals surface area contributed by atoms with Crippen LogP contribution in [-0.4, -0.2) is 42.5 Å². The summed E-state index contributed by atoms with van der Waals surface area (Å²) in [6, 6.07) is 13.5. The second-order valence-electron chi connectivity index (χ2n) is 5.88. The Hall–Kier alpha value is -2.75. The van der Waals surface area contributed by atoms with Crippen molar-refractivity contribution in [3.8, 4) is 0 Å². The fraction of sp³-hybridized carbons (Fsp3) is 0.222. The minimum atomic E-state index is -3.82. The van der Waals surface area contributed by atoms with E-state index in [1.54, 1.807) is 6.07 Å². The summed E-state index contributed by atoms with van der Waals surface area (Å²) in [6.45, 7) is 0.221. The fourth-order valence-electron chi connectivity index (χ4n) is 2.66. The van der Waals surface area contributed by atoms with E-state index in [1.165, 1.54) is 32.4 Å². The van der Waals surface area contributed by atoms with Crippen LogP contribution < -0.4 is 5.32 Å². The van der Waals surface area contributed by atoms with Gasteiger partial charge in [0.15, 0.2) is 0 Å². The Morgan fingerprint density at radius 2 is 1.96 bits per heavy atom. The molecule has 2 aromatic carbocycles. The number of amides is 1. The highest BCUT2D eigenvalue weighted by molar-refractivity contribution is 7.89. The molecule has 142 valence electrons. The summed E-state index contributed by atoms with van der Waals surface area (Å²) >= 11 is 0. The van der Waals surface area contributed by atoms with E-state index >= 15 is 0 Å². The zero-order valence-electron chi connectivity index (χ0n) is 15.2. The fourth-order valence-corrected chi connectivity index (χ4v) is 3.68.